The van der Waals surface area contributed by atoms with Crippen molar-refractivity contribution in [2.24, 2.45) is 0 Å². The van der Waals surface area contributed by atoms with Crippen LogP contribution in [0.1, 0.15) is 54.7 Å². The molecule has 4 rings (SSSR count). The lowest BCUT2D eigenvalue weighted by molar-refractivity contribution is -0.147. The molecule has 0 saturated heterocycles. The van der Waals surface area contributed by atoms with Gasteiger partial charge in [-0.1, -0.05) is 61.7 Å². The highest BCUT2D eigenvalue weighted by molar-refractivity contribution is 5.99. The maximum Gasteiger partial charge on any atom is 0.323 e. The first-order valence-corrected chi connectivity index (χ1v) is 9.54. The lowest BCUT2D eigenvalue weighted by atomic mass is 9.77. The lowest BCUT2D eigenvalue weighted by Crippen LogP contribution is -2.40. The second-order valence-corrected chi connectivity index (χ2v) is 7.48. The van der Waals surface area contributed by atoms with Gasteiger partial charge in [0.25, 0.3) is 0 Å². The molecule has 3 nitrogen and oxygen atoms in total. The maximum absolute atomic E-state index is 13.0. The number of methoxy groups -OCH3 is 2. The van der Waals surface area contributed by atoms with Crippen LogP contribution < -0.4 is 0 Å². The summed E-state index contributed by atoms with van der Waals surface area (Å²) in [5.74, 6) is 0.328. The molecule has 0 radical (unpaired) electrons. The van der Waals surface area contributed by atoms with Gasteiger partial charge in [-0.3, -0.25) is 4.79 Å². The summed E-state index contributed by atoms with van der Waals surface area (Å²) in [5.41, 5.74) is 4.95. The lowest BCUT2D eigenvalue weighted by Gasteiger charge is -2.29. The normalized spacial score (nSPS) is 21.9. The predicted molar refractivity (Wildman–Crippen MR) is 102 cm³/mol. The van der Waals surface area contributed by atoms with Gasteiger partial charge in [-0.05, 0) is 46.6 Å². The van der Waals surface area contributed by atoms with Crippen LogP contribution in [0.3, 0.4) is 0 Å². The van der Waals surface area contributed by atoms with Crippen molar-refractivity contribution >= 4 is 5.97 Å². The fraction of sp³-hybridized carbons (Fsp3) is 0.435. The third kappa shape index (κ3) is 2.41. The number of esters is 1. The first-order chi connectivity index (χ1) is 12.7. The van der Waals surface area contributed by atoms with Gasteiger partial charge in [-0.2, -0.15) is 0 Å². The smallest absolute Gasteiger partial charge is 0.323 e. The van der Waals surface area contributed by atoms with E-state index in [4.69, 9.17) is 9.47 Å². The molecule has 2 aliphatic rings. The van der Waals surface area contributed by atoms with E-state index in [2.05, 4.69) is 36.4 Å². The van der Waals surface area contributed by atoms with E-state index in [-0.39, 0.29) is 12.6 Å². The number of ether oxygens (including phenoxy) is 2. The number of fused-ring (bicyclic) bond motifs is 3. The Kier molecular flexibility index (Phi) is 4.58. The summed E-state index contributed by atoms with van der Waals surface area (Å²) < 4.78 is 10.8. The van der Waals surface area contributed by atoms with Crippen molar-refractivity contribution in [1.82, 2.24) is 0 Å². The molecule has 136 valence electrons. The quantitative estimate of drug-likeness (QED) is 0.742. The highest BCUT2D eigenvalue weighted by atomic mass is 16.5. The van der Waals surface area contributed by atoms with Gasteiger partial charge in [0, 0.05) is 7.11 Å². The molecular formula is C23H26O3. The molecule has 3 heteroatoms. The van der Waals surface area contributed by atoms with E-state index in [0.29, 0.717) is 5.92 Å². The molecule has 0 N–H and O–H groups in total. The number of benzene rings is 2. The van der Waals surface area contributed by atoms with Crippen molar-refractivity contribution in [2.45, 2.75) is 43.4 Å². The van der Waals surface area contributed by atoms with Crippen molar-refractivity contribution in [3.63, 3.8) is 0 Å². The highest BCUT2D eigenvalue weighted by Crippen LogP contribution is 2.53. The summed E-state index contributed by atoms with van der Waals surface area (Å²) in [5, 5.41) is 0. The van der Waals surface area contributed by atoms with Crippen LogP contribution in [0.25, 0.3) is 11.1 Å². The highest BCUT2D eigenvalue weighted by Gasteiger charge is 2.51. The van der Waals surface area contributed by atoms with E-state index in [1.165, 1.54) is 50.3 Å². The van der Waals surface area contributed by atoms with Crippen molar-refractivity contribution in [3.8, 4) is 11.1 Å². The summed E-state index contributed by atoms with van der Waals surface area (Å²) in [6.45, 7) is 0.289. The first kappa shape index (κ1) is 17.3. The predicted octanol–water partition coefficient (Wildman–Crippen LogP) is 4.82. The Labute approximate surface area is 155 Å². The summed E-state index contributed by atoms with van der Waals surface area (Å²) in [7, 11) is 3.11. The summed E-state index contributed by atoms with van der Waals surface area (Å²) in [4.78, 5) is 13.0. The molecule has 1 fully saturated rings. The molecule has 0 aromatic heterocycles. The van der Waals surface area contributed by atoms with Gasteiger partial charge in [0.05, 0.1) is 13.7 Å². The van der Waals surface area contributed by atoms with Crippen molar-refractivity contribution in [3.05, 3.63) is 59.2 Å². The zero-order valence-corrected chi connectivity index (χ0v) is 15.6. The summed E-state index contributed by atoms with van der Waals surface area (Å²) in [6.07, 6.45) is 6.37. The molecule has 1 saturated carbocycles. The molecule has 26 heavy (non-hydrogen) atoms. The molecule has 2 aliphatic carbocycles. The number of carbonyl (C=O) groups excluding carboxylic acids is 1. The van der Waals surface area contributed by atoms with Crippen LogP contribution in [-0.4, -0.2) is 26.8 Å². The maximum atomic E-state index is 13.0. The van der Waals surface area contributed by atoms with E-state index in [1.54, 1.807) is 7.11 Å². The summed E-state index contributed by atoms with van der Waals surface area (Å²) in [6, 6.07) is 14.7. The molecule has 2 aromatic carbocycles. The van der Waals surface area contributed by atoms with E-state index >= 15 is 0 Å². The second-order valence-electron chi connectivity index (χ2n) is 7.48. The van der Waals surface area contributed by atoms with Gasteiger partial charge < -0.3 is 9.47 Å². The molecule has 1 unspecified atom stereocenters. The number of hydrogen-bond donors (Lipinski definition) is 0. The fourth-order valence-electron chi connectivity index (χ4n) is 5.02. The van der Waals surface area contributed by atoms with E-state index < -0.39 is 5.41 Å². The van der Waals surface area contributed by atoms with Crippen molar-refractivity contribution in [2.75, 3.05) is 20.8 Å². The van der Waals surface area contributed by atoms with Crippen molar-refractivity contribution in [1.29, 1.82) is 0 Å². The number of rotatable bonds is 4. The van der Waals surface area contributed by atoms with Gasteiger partial charge >= 0.3 is 5.97 Å². The fourth-order valence-corrected chi connectivity index (χ4v) is 5.02. The van der Waals surface area contributed by atoms with Crippen molar-refractivity contribution < 1.29 is 14.3 Å². The van der Waals surface area contributed by atoms with Crippen LogP contribution >= 0.6 is 0 Å². The number of hydrogen-bond acceptors (Lipinski definition) is 3. The number of carbonyl (C=O) groups is 1. The van der Waals surface area contributed by atoms with E-state index in [0.717, 1.165) is 16.7 Å². The minimum atomic E-state index is -0.875. The van der Waals surface area contributed by atoms with Gasteiger partial charge in [0.2, 0.25) is 0 Å². The Bertz CT molecular complexity index is 820. The first-order valence-electron chi connectivity index (χ1n) is 9.54. The third-order valence-electron chi connectivity index (χ3n) is 6.15. The molecule has 0 bridgehead atoms. The van der Waals surface area contributed by atoms with E-state index in [9.17, 15) is 4.79 Å². The standard InChI is InChI=1S/C23H26O3/c1-25-15-23(22(24)26-2)19-13-7-6-11-18(19)21-17(12-8-14-20(21)23)16-9-4-3-5-10-16/h6-8,11-14,16H,3-5,9-10,15H2,1-2H3. The molecule has 2 aromatic rings. The molecular weight excluding hydrogens is 324 g/mol. The van der Waals surface area contributed by atoms with Gasteiger partial charge in [-0.25, -0.2) is 0 Å². The molecule has 0 heterocycles. The zero-order chi connectivity index (χ0) is 18.1. The minimum absolute atomic E-state index is 0.244. The average Bonchev–Trinajstić information content (AvgIpc) is 3.00. The Hall–Kier alpha value is -2.13. The molecule has 1 atom stereocenters. The van der Waals surface area contributed by atoms with Crippen LogP contribution in [0.5, 0.6) is 0 Å². The Morgan fingerprint density at radius 2 is 1.73 bits per heavy atom. The van der Waals surface area contributed by atoms with Gasteiger partial charge in [0.15, 0.2) is 0 Å². The van der Waals surface area contributed by atoms with E-state index in [1.807, 2.05) is 6.07 Å². The minimum Gasteiger partial charge on any atom is -0.468 e. The molecule has 0 spiro atoms. The van der Waals surface area contributed by atoms with Gasteiger partial charge in [-0.15, -0.1) is 0 Å². The summed E-state index contributed by atoms with van der Waals surface area (Å²) >= 11 is 0. The molecule has 0 aliphatic heterocycles. The largest absolute Gasteiger partial charge is 0.468 e. The zero-order valence-electron chi connectivity index (χ0n) is 15.6. The van der Waals surface area contributed by atoms with Crippen LogP contribution in [0.2, 0.25) is 0 Å². The van der Waals surface area contributed by atoms with Crippen LogP contribution in [0.15, 0.2) is 42.5 Å². The third-order valence-corrected chi connectivity index (χ3v) is 6.15. The molecule has 0 amide bonds. The second kappa shape index (κ2) is 6.88. The Morgan fingerprint density at radius 3 is 2.46 bits per heavy atom. The van der Waals surface area contributed by atoms with Crippen LogP contribution in [0.4, 0.5) is 0 Å². The van der Waals surface area contributed by atoms with Crippen LogP contribution in [-0.2, 0) is 19.7 Å². The monoisotopic (exact) mass is 350 g/mol. The topological polar surface area (TPSA) is 35.5 Å². The van der Waals surface area contributed by atoms with Gasteiger partial charge in [0.1, 0.15) is 5.41 Å². The SMILES string of the molecule is COCC1(C(=O)OC)c2ccccc2-c2c(C3CCCCC3)cccc21. The Balaban J connectivity index is 1.98. The average molecular weight is 350 g/mol. The Morgan fingerprint density at radius 1 is 1.00 bits per heavy atom. The van der Waals surface area contributed by atoms with Crippen LogP contribution in [0, 0.1) is 0 Å².